The van der Waals surface area contributed by atoms with Crippen molar-refractivity contribution in [3.05, 3.63) is 78.0 Å². The van der Waals surface area contributed by atoms with Crippen molar-refractivity contribution in [1.29, 1.82) is 0 Å². The van der Waals surface area contributed by atoms with Gasteiger partial charge in [0, 0.05) is 11.6 Å². The molecule has 1 aliphatic rings. The van der Waals surface area contributed by atoms with Crippen LogP contribution in [0.15, 0.2) is 60.8 Å². The van der Waals surface area contributed by atoms with Crippen LogP contribution in [0.3, 0.4) is 0 Å². The number of carbonyl (C=O) groups excluding carboxylic acids is 1. The Bertz CT molecular complexity index is 1050. The number of pyridine rings is 1. The Morgan fingerprint density at radius 3 is 2.47 bits per heavy atom. The van der Waals surface area contributed by atoms with Crippen LogP contribution in [0.1, 0.15) is 18.4 Å². The number of anilines is 1. The zero-order valence-corrected chi connectivity index (χ0v) is 17.4. The van der Waals surface area contributed by atoms with E-state index in [0.29, 0.717) is 29.6 Å². The topological polar surface area (TPSA) is 63.7 Å². The van der Waals surface area contributed by atoms with Gasteiger partial charge in [0.05, 0.1) is 18.4 Å². The summed E-state index contributed by atoms with van der Waals surface area (Å²) >= 11 is 0. The van der Waals surface area contributed by atoms with Gasteiger partial charge in [-0.3, -0.25) is 9.69 Å². The summed E-state index contributed by atoms with van der Waals surface area (Å²) in [5.41, 5.74) is 0.747. The normalized spacial score (nSPS) is 13.7. The summed E-state index contributed by atoms with van der Waals surface area (Å²) in [6.07, 6.45) is 3.82. The molecule has 0 radical (unpaired) electrons. The van der Waals surface area contributed by atoms with Gasteiger partial charge < -0.3 is 14.8 Å². The molecule has 32 heavy (non-hydrogen) atoms. The van der Waals surface area contributed by atoms with Crippen LogP contribution in [0.5, 0.6) is 17.4 Å². The van der Waals surface area contributed by atoms with Crippen molar-refractivity contribution >= 4 is 11.6 Å². The number of hydrogen-bond acceptors (Lipinski definition) is 5. The van der Waals surface area contributed by atoms with Crippen LogP contribution >= 0.6 is 0 Å². The zero-order valence-electron chi connectivity index (χ0n) is 17.4. The highest BCUT2D eigenvalue weighted by molar-refractivity contribution is 5.92. The largest absolute Gasteiger partial charge is 0.489 e. The van der Waals surface area contributed by atoms with E-state index in [0.717, 1.165) is 44.1 Å². The molecule has 0 spiro atoms. The highest BCUT2D eigenvalue weighted by Gasteiger charge is 2.15. The van der Waals surface area contributed by atoms with E-state index < -0.39 is 11.6 Å². The van der Waals surface area contributed by atoms with E-state index >= 15 is 0 Å². The fourth-order valence-electron chi connectivity index (χ4n) is 3.40. The number of nitrogens with one attached hydrogen (secondary N) is 1. The lowest BCUT2D eigenvalue weighted by molar-refractivity contribution is -0.117. The van der Waals surface area contributed by atoms with Gasteiger partial charge >= 0.3 is 0 Å². The molecule has 1 aliphatic heterocycles. The fraction of sp³-hybridized carbons (Fsp3) is 0.250. The number of halogens is 2. The summed E-state index contributed by atoms with van der Waals surface area (Å²) in [5.74, 6) is 0.304. The number of rotatable bonds is 8. The van der Waals surface area contributed by atoms with Crippen molar-refractivity contribution in [2.24, 2.45) is 0 Å². The molecule has 1 saturated heterocycles. The van der Waals surface area contributed by atoms with Gasteiger partial charge in [-0.25, -0.2) is 13.8 Å². The quantitative estimate of drug-likeness (QED) is 0.548. The van der Waals surface area contributed by atoms with E-state index in [1.54, 1.807) is 42.6 Å². The third-order valence-electron chi connectivity index (χ3n) is 5.03. The third kappa shape index (κ3) is 6.01. The van der Waals surface area contributed by atoms with Gasteiger partial charge in [0.15, 0.2) is 0 Å². The minimum absolute atomic E-state index is 0.0592. The predicted octanol–water partition coefficient (Wildman–Crippen LogP) is 4.77. The third-order valence-corrected chi connectivity index (χ3v) is 5.03. The SMILES string of the molecule is O=C(CN1CCCC1)Nc1ccc(Oc2ccc(OCc3cc(F)ccc3F)cc2)nc1. The first-order chi connectivity index (χ1) is 15.5. The minimum Gasteiger partial charge on any atom is -0.489 e. The molecule has 1 fully saturated rings. The molecule has 1 amide bonds. The molecule has 0 atom stereocenters. The first-order valence-electron chi connectivity index (χ1n) is 10.4. The molecule has 1 N–H and O–H groups in total. The molecule has 0 bridgehead atoms. The van der Waals surface area contributed by atoms with E-state index in [-0.39, 0.29) is 18.1 Å². The summed E-state index contributed by atoms with van der Waals surface area (Å²) in [6, 6.07) is 13.3. The van der Waals surface area contributed by atoms with Gasteiger partial charge in [0.2, 0.25) is 11.8 Å². The molecule has 166 valence electrons. The maximum absolute atomic E-state index is 13.7. The second-order valence-corrected chi connectivity index (χ2v) is 7.51. The number of nitrogens with zero attached hydrogens (tertiary/aromatic N) is 2. The van der Waals surface area contributed by atoms with Gasteiger partial charge in [-0.2, -0.15) is 0 Å². The van der Waals surface area contributed by atoms with Crippen LogP contribution in [0.2, 0.25) is 0 Å². The fourth-order valence-corrected chi connectivity index (χ4v) is 3.40. The highest BCUT2D eigenvalue weighted by Crippen LogP contribution is 2.24. The number of likely N-dealkylation sites (tertiary alicyclic amines) is 1. The van der Waals surface area contributed by atoms with Crippen molar-refractivity contribution in [1.82, 2.24) is 9.88 Å². The molecule has 2 aromatic carbocycles. The second kappa shape index (κ2) is 10.2. The van der Waals surface area contributed by atoms with Crippen LogP contribution in [0.4, 0.5) is 14.5 Å². The lowest BCUT2D eigenvalue weighted by atomic mass is 10.2. The summed E-state index contributed by atoms with van der Waals surface area (Å²) < 4.78 is 38.1. The monoisotopic (exact) mass is 439 g/mol. The maximum Gasteiger partial charge on any atom is 0.238 e. The van der Waals surface area contributed by atoms with Crippen molar-refractivity contribution in [3.8, 4) is 17.4 Å². The zero-order chi connectivity index (χ0) is 22.3. The molecular weight excluding hydrogens is 416 g/mol. The number of ether oxygens (including phenoxy) is 2. The van der Waals surface area contributed by atoms with Gasteiger partial charge in [-0.15, -0.1) is 0 Å². The van der Waals surface area contributed by atoms with Crippen molar-refractivity contribution in [2.75, 3.05) is 25.0 Å². The summed E-state index contributed by atoms with van der Waals surface area (Å²) in [6.45, 7) is 2.22. The lowest BCUT2D eigenvalue weighted by Gasteiger charge is -2.14. The Labute approximate surface area is 184 Å². The summed E-state index contributed by atoms with van der Waals surface area (Å²) in [4.78, 5) is 18.4. The first-order valence-corrected chi connectivity index (χ1v) is 10.4. The van der Waals surface area contributed by atoms with E-state index in [2.05, 4.69) is 15.2 Å². The smallest absolute Gasteiger partial charge is 0.238 e. The molecule has 3 aromatic rings. The van der Waals surface area contributed by atoms with E-state index in [4.69, 9.17) is 9.47 Å². The molecule has 1 aromatic heterocycles. The van der Waals surface area contributed by atoms with Crippen molar-refractivity contribution in [2.45, 2.75) is 19.4 Å². The number of carbonyl (C=O) groups is 1. The van der Waals surface area contributed by atoms with Gasteiger partial charge in [-0.1, -0.05) is 0 Å². The Morgan fingerprint density at radius 1 is 1.00 bits per heavy atom. The standard InChI is InChI=1S/C24H23F2N3O3/c25-18-3-9-22(26)17(13-18)16-31-20-5-7-21(8-6-20)32-24-10-4-19(14-27-24)28-23(30)15-29-11-1-2-12-29/h3-10,13-14H,1-2,11-12,15-16H2,(H,28,30). The average molecular weight is 439 g/mol. The van der Waals surface area contributed by atoms with Crippen LogP contribution in [0.25, 0.3) is 0 Å². The Morgan fingerprint density at radius 2 is 1.75 bits per heavy atom. The predicted molar refractivity (Wildman–Crippen MR) is 116 cm³/mol. The number of aromatic nitrogens is 1. The summed E-state index contributed by atoms with van der Waals surface area (Å²) in [5, 5.41) is 2.84. The first kappa shape index (κ1) is 21.7. The maximum atomic E-state index is 13.7. The lowest BCUT2D eigenvalue weighted by Crippen LogP contribution is -2.30. The molecular formula is C24H23F2N3O3. The number of hydrogen-bond donors (Lipinski definition) is 1. The molecule has 8 heteroatoms. The molecule has 0 unspecified atom stereocenters. The van der Waals surface area contributed by atoms with Crippen LogP contribution in [-0.2, 0) is 11.4 Å². The Hall–Kier alpha value is -3.52. The van der Waals surface area contributed by atoms with Crippen LogP contribution in [-0.4, -0.2) is 35.4 Å². The highest BCUT2D eigenvalue weighted by atomic mass is 19.1. The van der Waals surface area contributed by atoms with Crippen molar-refractivity contribution < 1.29 is 23.0 Å². The van der Waals surface area contributed by atoms with Crippen LogP contribution < -0.4 is 14.8 Å². The number of benzene rings is 2. The average Bonchev–Trinajstić information content (AvgIpc) is 3.29. The van der Waals surface area contributed by atoms with E-state index in [1.807, 2.05) is 0 Å². The van der Waals surface area contributed by atoms with Gasteiger partial charge in [0.25, 0.3) is 0 Å². The summed E-state index contributed by atoms with van der Waals surface area (Å²) in [7, 11) is 0. The Kier molecular flexibility index (Phi) is 6.91. The van der Waals surface area contributed by atoms with Gasteiger partial charge in [-0.05, 0) is 74.5 Å². The molecule has 0 aliphatic carbocycles. The molecule has 4 rings (SSSR count). The van der Waals surface area contributed by atoms with Crippen LogP contribution in [0, 0.1) is 11.6 Å². The van der Waals surface area contributed by atoms with Gasteiger partial charge in [0.1, 0.15) is 29.7 Å². The number of amides is 1. The Balaban J connectivity index is 1.27. The van der Waals surface area contributed by atoms with Crippen molar-refractivity contribution in [3.63, 3.8) is 0 Å². The minimum atomic E-state index is -0.520. The molecule has 0 saturated carbocycles. The second-order valence-electron chi connectivity index (χ2n) is 7.51. The van der Waals surface area contributed by atoms with E-state index in [1.165, 1.54) is 0 Å². The molecule has 6 nitrogen and oxygen atoms in total. The van der Waals surface area contributed by atoms with E-state index in [9.17, 15) is 13.6 Å². The molecule has 2 heterocycles.